The Bertz CT molecular complexity index is 635. The van der Waals surface area contributed by atoms with Crippen LogP contribution in [-0.2, 0) is 9.59 Å². The van der Waals surface area contributed by atoms with E-state index < -0.39 is 0 Å². The molecule has 1 aliphatic rings. The van der Waals surface area contributed by atoms with Gasteiger partial charge in [0.25, 0.3) is 0 Å². The van der Waals surface area contributed by atoms with Crippen LogP contribution >= 0.6 is 11.6 Å². The van der Waals surface area contributed by atoms with Gasteiger partial charge in [0.2, 0.25) is 11.8 Å². The predicted molar refractivity (Wildman–Crippen MR) is 80.9 cm³/mol. The zero-order chi connectivity index (χ0) is 15.6. The minimum absolute atomic E-state index is 0.259. The van der Waals surface area contributed by atoms with Gasteiger partial charge in [0.1, 0.15) is 6.61 Å². The van der Waals surface area contributed by atoms with E-state index in [0.717, 1.165) is 4.90 Å². The fourth-order valence-electron chi connectivity index (χ4n) is 2.38. The molecule has 0 radical (unpaired) electrons. The maximum Gasteiger partial charge on any atom is 0.234 e. The van der Waals surface area contributed by atoms with Crippen LogP contribution in [0.2, 0.25) is 5.02 Å². The molecule has 2 rings (SSSR count). The molecule has 1 aromatic carbocycles. The number of nitrogens with zero attached hydrogens (tertiary/aromatic N) is 1. The molecule has 1 fully saturated rings. The Morgan fingerprint density at radius 1 is 1.29 bits per heavy atom. The average Bonchev–Trinajstić information content (AvgIpc) is 2.35. The molecule has 21 heavy (non-hydrogen) atoms. The number of aliphatic hydroxyl groups excluding tert-OH is 1. The third-order valence-corrected chi connectivity index (χ3v) is 3.50. The number of hydrogen-bond acceptors (Lipinski definition) is 3. The van der Waals surface area contributed by atoms with Gasteiger partial charge in [0.05, 0.1) is 5.69 Å². The Balaban J connectivity index is 2.48. The van der Waals surface area contributed by atoms with E-state index in [1.54, 1.807) is 18.2 Å². The first kappa shape index (κ1) is 15.6. The number of halogens is 1. The summed E-state index contributed by atoms with van der Waals surface area (Å²) in [6.45, 7) is 3.49. The molecule has 4 nitrogen and oxygen atoms in total. The number of benzene rings is 1. The smallest absolute Gasteiger partial charge is 0.234 e. The summed E-state index contributed by atoms with van der Waals surface area (Å²) in [7, 11) is 0. The van der Waals surface area contributed by atoms with Crippen LogP contribution in [0.3, 0.4) is 0 Å². The first-order chi connectivity index (χ1) is 9.84. The molecule has 1 aromatic rings. The van der Waals surface area contributed by atoms with Crippen molar-refractivity contribution >= 4 is 29.1 Å². The Hall–Kier alpha value is -1.83. The molecule has 0 spiro atoms. The summed E-state index contributed by atoms with van der Waals surface area (Å²) in [4.78, 5) is 25.8. The summed E-state index contributed by atoms with van der Waals surface area (Å²) in [6.07, 6.45) is 0.580. The standard InChI is InChI=1S/C16H16ClNO3/c1-16(2)9-14(20)18(15(21)10-16)13-8-12(17)6-5-11(13)4-3-7-19/h5-6,8,19H,7,9-10H2,1-2H3. The zero-order valence-corrected chi connectivity index (χ0v) is 12.7. The Morgan fingerprint density at radius 2 is 1.90 bits per heavy atom. The van der Waals surface area contributed by atoms with Crippen LogP contribution in [0.4, 0.5) is 5.69 Å². The average molecular weight is 306 g/mol. The molecule has 1 heterocycles. The van der Waals surface area contributed by atoms with Gasteiger partial charge in [-0.1, -0.05) is 37.3 Å². The number of carbonyl (C=O) groups is 2. The molecule has 0 aromatic heterocycles. The van der Waals surface area contributed by atoms with Gasteiger partial charge >= 0.3 is 0 Å². The highest BCUT2D eigenvalue weighted by Crippen LogP contribution is 2.35. The molecular weight excluding hydrogens is 290 g/mol. The van der Waals surface area contributed by atoms with Gasteiger partial charge in [0, 0.05) is 23.4 Å². The number of piperidine rings is 1. The maximum atomic E-state index is 12.3. The first-order valence-corrected chi connectivity index (χ1v) is 6.97. The quantitative estimate of drug-likeness (QED) is 0.640. The molecule has 0 aliphatic carbocycles. The minimum Gasteiger partial charge on any atom is -0.384 e. The number of rotatable bonds is 1. The molecule has 0 unspecified atom stereocenters. The van der Waals surface area contributed by atoms with Gasteiger partial charge in [-0.3, -0.25) is 9.59 Å². The second kappa shape index (κ2) is 5.88. The van der Waals surface area contributed by atoms with Crippen molar-refractivity contribution < 1.29 is 14.7 Å². The lowest BCUT2D eigenvalue weighted by Gasteiger charge is -2.35. The van der Waals surface area contributed by atoms with Crippen LogP contribution < -0.4 is 4.90 Å². The third-order valence-electron chi connectivity index (χ3n) is 3.26. The summed E-state index contributed by atoms with van der Waals surface area (Å²) < 4.78 is 0. The fourth-order valence-corrected chi connectivity index (χ4v) is 2.54. The van der Waals surface area contributed by atoms with Gasteiger partial charge < -0.3 is 5.11 Å². The van der Waals surface area contributed by atoms with E-state index >= 15 is 0 Å². The molecule has 110 valence electrons. The SMILES string of the molecule is CC1(C)CC(=O)N(c2cc(Cl)ccc2C#CCO)C(=O)C1. The van der Waals surface area contributed by atoms with Crippen LogP contribution in [0.1, 0.15) is 32.3 Å². The van der Waals surface area contributed by atoms with E-state index in [0.29, 0.717) is 16.3 Å². The van der Waals surface area contributed by atoms with E-state index in [1.165, 1.54) is 0 Å². The second-order valence-corrected chi connectivity index (χ2v) is 6.20. The van der Waals surface area contributed by atoms with Crippen molar-refractivity contribution in [2.24, 2.45) is 5.41 Å². The zero-order valence-electron chi connectivity index (χ0n) is 11.9. The monoisotopic (exact) mass is 305 g/mol. The summed E-state index contributed by atoms with van der Waals surface area (Å²) in [5.41, 5.74) is 0.545. The largest absolute Gasteiger partial charge is 0.384 e. The van der Waals surface area contributed by atoms with Crippen molar-refractivity contribution in [3.05, 3.63) is 28.8 Å². The molecule has 0 bridgehead atoms. The number of imide groups is 1. The third kappa shape index (κ3) is 3.44. The van der Waals surface area contributed by atoms with E-state index in [4.69, 9.17) is 16.7 Å². The highest BCUT2D eigenvalue weighted by molar-refractivity contribution is 6.31. The van der Waals surface area contributed by atoms with E-state index in [1.807, 2.05) is 13.8 Å². The highest BCUT2D eigenvalue weighted by Gasteiger charge is 2.38. The Morgan fingerprint density at radius 3 is 2.48 bits per heavy atom. The lowest BCUT2D eigenvalue weighted by atomic mass is 9.81. The number of hydrogen-bond donors (Lipinski definition) is 1. The van der Waals surface area contributed by atoms with Gasteiger partial charge in [-0.05, 0) is 23.6 Å². The number of carbonyl (C=O) groups excluding carboxylic acids is 2. The molecular formula is C16H16ClNO3. The number of aliphatic hydroxyl groups is 1. The molecule has 1 N–H and O–H groups in total. The maximum absolute atomic E-state index is 12.3. The number of amides is 2. The fraction of sp³-hybridized carbons (Fsp3) is 0.375. The van der Waals surface area contributed by atoms with Gasteiger partial charge in [0.15, 0.2) is 0 Å². The normalized spacial score (nSPS) is 17.4. The molecule has 0 saturated carbocycles. The first-order valence-electron chi connectivity index (χ1n) is 6.59. The molecule has 2 amide bonds. The summed E-state index contributed by atoms with van der Waals surface area (Å²) in [6, 6.07) is 4.83. The van der Waals surface area contributed by atoms with Crippen molar-refractivity contribution in [3.63, 3.8) is 0 Å². The van der Waals surface area contributed by atoms with Crippen molar-refractivity contribution in [3.8, 4) is 11.8 Å². The topological polar surface area (TPSA) is 57.6 Å². The van der Waals surface area contributed by atoms with Crippen molar-refractivity contribution in [1.82, 2.24) is 0 Å². The molecule has 5 heteroatoms. The van der Waals surface area contributed by atoms with E-state index in [9.17, 15) is 9.59 Å². The lowest BCUT2D eigenvalue weighted by Crippen LogP contribution is -2.46. The van der Waals surface area contributed by atoms with Crippen molar-refractivity contribution in [1.29, 1.82) is 0 Å². The second-order valence-electron chi connectivity index (χ2n) is 5.76. The van der Waals surface area contributed by atoms with Crippen molar-refractivity contribution in [2.75, 3.05) is 11.5 Å². The van der Waals surface area contributed by atoms with Crippen LogP contribution in [-0.4, -0.2) is 23.5 Å². The minimum atomic E-state index is -0.333. The summed E-state index contributed by atoms with van der Waals surface area (Å²) in [5.74, 6) is 4.75. The van der Waals surface area contributed by atoms with Crippen LogP contribution in [0.15, 0.2) is 18.2 Å². The Kier molecular flexibility index (Phi) is 4.36. The van der Waals surface area contributed by atoms with E-state index in [2.05, 4.69) is 11.8 Å². The molecule has 1 saturated heterocycles. The highest BCUT2D eigenvalue weighted by atomic mass is 35.5. The van der Waals surface area contributed by atoms with Crippen LogP contribution in [0.5, 0.6) is 0 Å². The summed E-state index contributed by atoms with van der Waals surface area (Å²) in [5, 5.41) is 9.23. The van der Waals surface area contributed by atoms with Gasteiger partial charge in [-0.25, -0.2) is 4.90 Å². The van der Waals surface area contributed by atoms with Crippen LogP contribution in [0, 0.1) is 17.3 Å². The Labute approximate surface area is 128 Å². The predicted octanol–water partition coefficient (Wildman–Crippen LogP) is 2.36. The van der Waals surface area contributed by atoms with E-state index in [-0.39, 0.29) is 36.7 Å². The van der Waals surface area contributed by atoms with Crippen molar-refractivity contribution in [2.45, 2.75) is 26.7 Å². The number of anilines is 1. The summed E-state index contributed by atoms with van der Waals surface area (Å²) >= 11 is 5.97. The van der Waals surface area contributed by atoms with Gasteiger partial charge in [-0.2, -0.15) is 0 Å². The van der Waals surface area contributed by atoms with Gasteiger partial charge in [-0.15, -0.1) is 0 Å². The lowest BCUT2D eigenvalue weighted by molar-refractivity contribution is -0.132. The molecule has 1 aliphatic heterocycles. The van der Waals surface area contributed by atoms with Crippen LogP contribution in [0.25, 0.3) is 0 Å². The molecule has 0 atom stereocenters.